The third-order valence-electron chi connectivity index (χ3n) is 8.59. The van der Waals surface area contributed by atoms with Crippen molar-refractivity contribution in [1.82, 2.24) is 4.90 Å². The Morgan fingerprint density at radius 2 is 1.55 bits per heavy atom. The number of hydrogen-bond acceptors (Lipinski definition) is 5. The van der Waals surface area contributed by atoms with Crippen LogP contribution in [0.5, 0.6) is 0 Å². The number of likely N-dealkylation sites (tertiary alicyclic amines) is 1. The van der Waals surface area contributed by atoms with Crippen LogP contribution in [-0.4, -0.2) is 49.9 Å². The number of benzene rings is 3. The fraction of sp³-hybridized carbons (Fsp3) is 0.323. The van der Waals surface area contributed by atoms with Crippen LogP contribution in [0.1, 0.15) is 31.4 Å². The lowest BCUT2D eigenvalue weighted by atomic mass is 9.66. The van der Waals surface area contributed by atoms with Crippen molar-refractivity contribution in [2.24, 2.45) is 11.8 Å². The molecule has 0 radical (unpaired) electrons. The molecule has 2 bridgehead atoms. The molecule has 1 spiro atoms. The van der Waals surface area contributed by atoms with Crippen molar-refractivity contribution in [3.63, 3.8) is 0 Å². The number of amides is 3. The van der Waals surface area contributed by atoms with E-state index in [1.807, 2.05) is 67.6 Å². The van der Waals surface area contributed by atoms with Gasteiger partial charge in [0.25, 0.3) is 0 Å². The molecule has 40 heavy (non-hydrogen) atoms. The highest BCUT2D eigenvalue weighted by molar-refractivity contribution is 8.02. The van der Waals surface area contributed by atoms with Gasteiger partial charge in [0.2, 0.25) is 17.7 Å². The lowest BCUT2D eigenvalue weighted by Crippen LogP contribution is -2.52. The molecule has 3 heterocycles. The molecule has 3 amide bonds. The zero-order chi connectivity index (χ0) is 28.1. The number of anilines is 2. The van der Waals surface area contributed by atoms with Gasteiger partial charge in [0.15, 0.2) is 0 Å². The van der Waals surface area contributed by atoms with E-state index in [1.54, 1.807) is 40.9 Å². The van der Waals surface area contributed by atoms with Crippen LogP contribution < -0.4 is 10.6 Å². The number of thioether (sulfide) groups is 1. The molecule has 9 heteroatoms. The zero-order valence-corrected chi connectivity index (χ0v) is 23.5. The summed E-state index contributed by atoms with van der Waals surface area (Å²) in [7, 11) is 0. The van der Waals surface area contributed by atoms with Crippen LogP contribution in [0.4, 0.5) is 11.4 Å². The molecular formula is C31H30ClN3O4S. The molecule has 3 aromatic carbocycles. The number of nitrogens with zero attached hydrogens (tertiary/aromatic N) is 1. The minimum Gasteiger partial charge on any atom is -0.394 e. The Labute approximate surface area is 242 Å². The van der Waals surface area contributed by atoms with Crippen molar-refractivity contribution < 1.29 is 19.5 Å². The largest absolute Gasteiger partial charge is 0.394 e. The van der Waals surface area contributed by atoms with Gasteiger partial charge >= 0.3 is 0 Å². The second-order valence-electron chi connectivity index (χ2n) is 10.9. The molecule has 7 nitrogen and oxygen atoms in total. The zero-order valence-electron chi connectivity index (χ0n) is 21.9. The van der Waals surface area contributed by atoms with Gasteiger partial charge in [-0.15, -0.1) is 11.8 Å². The minimum atomic E-state index is -0.889. The molecule has 3 aliphatic rings. The van der Waals surface area contributed by atoms with Crippen LogP contribution in [0.15, 0.2) is 84.9 Å². The number of fused-ring (bicyclic) bond motifs is 1. The van der Waals surface area contributed by atoms with Crippen molar-refractivity contribution in [1.29, 1.82) is 0 Å². The van der Waals surface area contributed by atoms with E-state index >= 15 is 0 Å². The van der Waals surface area contributed by atoms with E-state index < -0.39 is 33.4 Å². The number of rotatable bonds is 7. The van der Waals surface area contributed by atoms with Gasteiger partial charge in [-0.25, -0.2) is 0 Å². The van der Waals surface area contributed by atoms with Crippen LogP contribution in [0.25, 0.3) is 0 Å². The van der Waals surface area contributed by atoms with E-state index in [-0.39, 0.29) is 24.3 Å². The number of halogens is 1. The topological polar surface area (TPSA) is 98.7 Å². The molecule has 6 atom stereocenters. The average molecular weight is 576 g/mol. The van der Waals surface area contributed by atoms with Crippen LogP contribution in [0.3, 0.4) is 0 Å². The summed E-state index contributed by atoms with van der Waals surface area (Å²) in [5.41, 5.74) is 1.95. The van der Waals surface area contributed by atoms with Crippen LogP contribution in [-0.2, 0) is 14.4 Å². The van der Waals surface area contributed by atoms with Crippen molar-refractivity contribution in [3.05, 3.63) is 95.5 Å². The fourth-order valence-corrected chi connectivity index (χ4v) is 9.38. The molecule has 6 rings (SSSR count). The predicted octanol–water partition coefficient (Wildman–Crippen LogP) is 5.13. The first-order valence-corrected chi connectivity index (χ1v) is 14.6. The van der Waals surface area contributed by atoms with E-state index in [2.05, 4.69) is 10.6 Å². The Bertz CT molecular complexity index is 1440. The lowest BCUT2D eigenvalue weighted by Gasteiger charge is -2.37. The number of hydrogen-bond donors (Lipinski definition) is 3. The van der Waals surface area contributed by atoms with Gasteiger partial charge < -0.3 is 20.6 Å². The first-order valence-electron chi connectivity index (χ1n) is 13.4. The minimum absolute atomic E-state index is 0.222. The Balaban J connectivity index is 1.42. The highest BCUT2D eigenvalue weighted by Gasteiger charge is 2.77. The van der Waals surface area contributed by atoms with Gasteiger partial charge in [-0.05, 0) is 61.7 Å². The Morgan fingerprint density at radius 3 is 2.20 bits per heavy atom. The van der Waals surface area contributed by atoms with Gasteiger partial charge in [-0.3, -0.25) is 14.4 Å². The van der Waals surface area contributed by atoms with Crippen molar-refractivity contribution in [2.75, 3.05) is 17.2 Å². The van der Waals surface area contributed by atoms with Gasteiger partial charge in [0.05, 0.1) is 29.2 Å². The first kappa shape index (κ1) is 26.9. The number of aliphatic hydroxyl groups excluding tert-OH is 1. The van der Waals surface area contributed by atoms with E-state index in [4.69, 9.17) is 11.6 Å². The Hall–Kier alpha value is -3.33. The SMILES string of the molecule is C[C@@]12CCC3(S1)C(C(=O)Nc1ccc(Cl)cc1)N([C@H](CO)c1ccccc1)C(=O)[C@@H]3[C@@H]2C(=O)Nc1ccccc1. The maximum atomic E-state index is 14.5. The van der Waals surface area contributed by atoms with E-state index in [9.17, 15) is 19.5 Å². The van der Waals surface area contributed by atoms with E-state index in [1.165, 1.54) is 0 Å². The number of carbonyl (C=O) groups excluding carboxylic acids is 3. The quantitative estimate of drug-likeness (QED) is 0.363. The third-order valence-corrected chi connectivity index (χ3v) is 10.8. The van der Waals surface area contributed by atoms with Crippen molar-refractivity contribution >= 4 is 52.5 Å². The van der Waals surface area contributed by atoms with Crippen LogP contribution >= 0.6 is 23.4 Å². The van der Waals surface area contributed by atoms with Crippen LogP contribution in [0.2, 0.25) is 5.02 Å². The molecular weight excluding hydrogens is 546 g/mol. The number of nitrogens with one attached hydrogen (secondary N) is 2. The molecule has 3 saturated heterocycles. The molecule has 0 saturated carbocycles. The molecule has 3 aromatic rings. The third kappa shape index (κ3) is 4.29. The summed E-state index contributed by atoms with van der Waals surface area (Å²) >= 11 is 7.65. The summed E-state index contributed by atoms with van der Waals surface area (Å²) in [5.74, 6) is -2.18. The second kappa shape index (κ2) is 10.3. The summed E-state index contributed by atoms with van der Waals surface area (Å²) in [4.78, 5) is 44.1. The second-order valence-corrected chi connectivity index (χ2v) is 13.3. The maximum Gasteiger partial charge on any atom is 0.248 e. The lowest BCUT2D eigenvalue weighted by molar-refractivity contribution is -0.141. The highest BCUT2D eigenvalue weighted by Crippen LogP contribution is 2.72. The van der Waals surface area contributed by atoms with Crippen molar-refractivity contribution in [2.45, 2.75) is 41.3 Å². The average Bonchev–Trinajstić information content (AvgIpc) is 3.52. The van der Waals surface area contributed by atoms with E-state index in [0.717, 1.165) is 5.56 Å². The van der Waals surface area contributed by atoms with Gasteiger partial charge in [-0.1, -0.05) is 60.1 Å². The fourth-order valence-electron chi connectivity index (χ4n) is 6.91. The van der Waals surface area contributed by atoms with Gasteiger partial charge in [0.1, 0.15) is 6.04 Å². The molecule has 3 fully saturated rings. The Kier molecular flexibility index (Phi) is 6.89. The predicted molar refractivity (Wildman–Crippen MR) is 157 cm³/mol. The summed E-state index contributed by atoms with van der Waals surface area (Å²) in [6.07, 6.45) is 1.31. The summed E-state index contributed by atoms with van der Waals surface area (Å²) in [6, 6.07) is 23.6. The summed E-state index contributed by atoms with van der Waals surface area (Å²) < 4.78 is -1.32. The van der Waals surface area contributed by atoms with E-state index in [0.29, 0.717) is 29.2 Å². The normalized spacial score (nSPS) is 29.2. The number of para-hydroxylation sites is 1. The summed E-state index contributed by atoms with van der Waals surface area (Å²) in [5, 5.41) is 17.2. The van der Waals surface area contributed by atoms with Gasteiger partial charge in [-0.2, -0.15) is 0 Å². The first-order chi connectivity index (χ1) is 19.3. The smallest absolute Gasteiger partial charge is 0.248 e. The maximum absolute atomic E-state index is 14.5. The monoisotopic (exact) mass is 575 g/mol. The van der Waals surface area contributed by atoms with Gasteiger partial charge in [0, 0.05) is 21.1 Å². The molecule has 206 valence electrons. The molecule has 0 aromatic heterocycles. The molecule has 3 N–H and O–H groups in total. The number of carbonyl (C=O) groups is 3. The molecule has 3 aliphatic heterocycles. The standard InChI is InChI=1S/C31H30ClN3O4S/c1-30-16-17-31(40-30)25(24(30)27(37)33-21-10-6-3-7-11-21)29(39)35(23(18-36)19-8-4-2-5-9-19)26(31)28(38)34-22-14-12-20(32)13-15-22/h2-15,23-26,36H,16-18H2,1H3,(H,33,37)(H,34,38)/t23-,24-,25+,26?,30+,31?/m1/s1. The molecule has 2 unspecified atom stereocenters. The van der Waals surface area contributed by atoms with Crippen LogP contribution in [0, 0.1) is 11.8 Å². The Morgan fingerprint density at radius 1 is 0.950 bits per heavy atom. The molecule has 0 aliphatic carbocycles. The van der Waals surface area contributed by atoms with Crippen molar-refractivity contribution in [3.8, 4) is 0 Å². The summed E-state index contributed by atoms with van der Waals surface area (Å²) in [6.45, 7) is 1.68. The highest BCUT2D eigenvalue weighted by atomic mass is 35.5. The number of aliphatic hydroxyl groups is 1.